The number of hydrogen-bond acceptors (Lipinski definition) is 5. The predicted molar refractivity (Wildman–Crippen MR) is 142 cm³/mol. The summed E-state index contributed by atoms with van der Waals surface area (Å²) in [5.41, 5.74) is 5.71. The zero-order valence-electron chi connectivity index (χ0n) is 19.9. The molecule has 0 saturated carbocycles. The molecule has 2 atom stereocenters. The lowest BCUT2D eigenvalue weighted by atomic mass is 9.97. The molecule has 2 aliphatic rings. The normalized spacial score (nSPS) is 19.3. The number of benzene rings is 3. The molecule has 2 amide bonds. The second-order valence-corrected chi connectivity index (χ2v) is 10.2. The van der Waals surface area contributed by atoms with Gasteiger partial charge in [-0.2, -0.15) is 10.1 Å². The highest BCUT2D eigenvalue weighted by atomic mass is 32.2. The molecule has 0 aromatic heterocycles. The minimum atomic E-state index is -0.661. The quantitative estimate of drug-likeness (QED) is 0.493. The Morgan fingerprint density at radius 1 is 1.06 bits per heavy atom. The van der Waals surface area contributed by atoms with Crippen LogP contribution in [0.3, 0.4) is 0 Å². The number of hydrogen-bond donors (Lipinski definition) is 1. The molecule has 6 nitrogen and oxygen atoms in total. The summed E-state index contributed by atoms with van der Waals surface area (Å²) in [7, 11) is 0. The molecule has 3 aromatic carbocycles. The van der Waals surface area contributed by atoms with Crippen LogP contribution in [0.5, 0.6) is 0 Å². The lowest BCUT2D eigenvalue weighted by Crippen LogP contribution is -2.25. The molecule has 182 valence electrons. The van der Waals surface area contributed by atoms with Gasteiger partial charge in [-0.05, 0) is 43.2 Å². The average Bonchev–Trinajstić information content (AvgIpc) is 3.44. The first kappa shape index (κ1) is 23.9. The van der Waals surface area contributed by atoms with Crippen LogP contribution in [0.25, 0.3) is 0 Å². The minimum absolute atomic E-state index is 0.0649. The predicted octanol–water partition coefficient (Wildman–Crippen LogP) is 5.62. The van der Waals surface area contributed by atoms with Gasteiger partial charge in [0.15, 0.2) is 5.17 Å². The first-order valence-corrected chi connectivity index (χ1v) is 12.6. The van der Waals surface area contributed by atoms with Crippen LogP contribution in [0.1, 0.15) is 41.1 Å². The van der Waals surface area contributed by atoms with Crippen molar-refractivity contribution in [2.45, 2.75) is 38.0 Å². The van der Waals surface area contributed by atoms with Gasteiger partial charge in [0, 0.05) is 18.5 Å². The van der Waals surface area contributed by atoms with Crippen LogP contribution in [0, 0.1) is 19.7 Å². The van der Waals surface area contributed by atoms with E-state index < -0.39 is 11.1 Å². The Kier molecular flexibility index (Phi) is 6.69. The van der Waals surface area contributed by atoms with E-state index in [9.17, 15) is 14.0 Å². The van der Waals surface area contributed by atoms with Crippen molar-refractivity contribution in [3.63, 3.8) is 0 Å². The molecule has 0 aliphatic carbocycles. The molecule has 0 saturated heterocycles. The number of hydrazone groups is 1. The van der Waals surface area contributed by atoms with Gasteiger partial charge in [0.25, 0.3) is 5.91 Å². The first-order chi connectivity index (χ1) is 17.4. The van der Waals surface area contributed by atoms with E-state index in [1.54, 1.807) is 6.07 Å². The van der Waals surface area contributed by atoms with Crippen LogP contribution >= 0.6 is 11.8 Å². The monoisotopic (exact) mass is 500 g/mol. The number of thioether (sulfide) groups is 1. The number of aryl methyl sites for hydroxylation is 2. The second kappa shape index (κ2) is 10.1. The fourth-order valence-electron chi connectivity index (χ4n) is 4.21. The van der Waals surface area contributed by atoms with Gasteiger partial charge in [-0.25, -0.2) is 9.40 Å². The number of halogens is 1. The summed E-state index contributed by atoms with van der Waals surface area (Å²) in [4.78, 5) is 29.6. The number of amides is 2. The van der Waals surface area contributed by atoms with E-state index in [1.165, 1.54) is 35.5 Å². The van der Waals surface area contributed by atoms with Crippen molar-refractivity contribution in [1.82, 2.24) is 5.01 Å². The highest BCUT2D eigenvalue weighted by Gasteiger charge is 2.39. The van der Waals surface area contributed by atoms with Gasteiger partial charge in [-0.15, -0.1) is 0 Å². The van der Waals surface area contributed by atoms with Crippen molar-refractivity contribution in [3.05, 3.63) is 101 Å². The van der Waals surface area contributed by atoms with E-state index in [2.05, 4.69) is 58.8 Å². The molecule has 2 aliphatic heterocycles. The summed E-state index contributed by atoms with van der Waals surface area (Å²) in [5.74, 6) is -1.18. The minimum Gasteiger partial charge on any atom is -0.326 e. The third-order valence-corrected chi connectivity index (χ3v) is 7.30. The average molecular weight is 501 g/mol. The number of aliphatic imine (C=N–C) groups is 1. The topological polar surface area (TPSA) is 74.1 Å². The summed E-state index contributed by atoms with van der Waals surface area (Å²) < 4.78 is 13.4. The Labute approximate surface area is 213 Å². The molecular weight excluding hydrogens is 475 g/mol. The van der Waals surface area contributed by atoms with Crippen LogP contribution in [0.2, 0.25) is 0 Å². The fraction of sp³-hybridized carbons (Fsp3) is 0.214. The summed E-state index contributed by atoms with van der Waals surface area (Å²) in [6.45, 7) is 4.08. The zero-order chi connectivity index (χ0) is 25.2. The van der Waals surface area contributed by atoms with Gasteiger partial charge in [0.1, 0.15) is 11.1 Å². The van der Waals surface area contributed by atoms with E-state index in [-0.39, 0.29) is 24.3 Å². The summed E-state index contributed by atoms with van der Waals surface area (Å²) in [6.07, 6.45) is 0.606. The van der Waals surface area contributed by atoms with Gasteiger partial charge >= 0.3 is 0 Å². The number of amidine groups is 1. The second-order valence-electron chi connectivity index (χ2n) is 8.99. The van der Waals surface area contributed by atoms with Crippen LogP contribution in [0.4, 0.5) is 10.1 Å². The molecule has 1 N–H and O–H groups in total. The van der Waals surface area contributed by atoms with Crippen LogP contribution in [-0.4, -0.2) is 33.0 Å². The lowest BCUT2D eigenvalue weighted by molar-refractivity contribution is -0.121. The van der Waals surface area contributed by atoms with Crippen molar-refractivity contribution < 1.29 is 14.0 Å². The maximum absolute atomic E-state index is 13.4. The Bertz CT molecular complexity index is 1370. The smallest absolute Gasteiger partial charge is 0.262 e. The molecule has 0 radical (unpaired) electrons. The molecular formula is C28H25FN4O2S. The number of rotatable bonds is 5. The van der Waals surface area contributed by atoms with E-state index >= 15 is 0 Å². The molecule has 2 heterocycles. The number of carbonyl (C=O) groups excluding carboxylic acids is 2. The van der Waals surface area contributed by atoms with Gasteiger partial charge in [-0.3, -0.25) is 9.59 Å². The third kappa shape index (κ3) is 5.23. The van der Waals surface area contributed by atoms with Crippen molar-refractivity contribution in [3.8, 4) is 0 Å². The van der Waals surface area contributed by atoms with E-state index in [0.717, 1.165) is 22.4 Å². The van der Waals surface area contributed by atoms with Gasteiger partial charge < -0.3 is 5.32 Å². The number of anilines is 1. The molecule has 8 heteroatoms. The van der Waals surface area contributed by atoms with E-state index in [1.807, 2.05) is 18.9 Å². The molecule has 3 aromatic rings. The standard InChI is InChI=1S/C28H25FN4O2S/c1-17-6-10-19(11-7-17)23-15-24(20-12-8-18(2)9-13-20)33(32-23)28-31-27(35)25(36-28)16-26(34)30-22-5-3-4-21(29)14-22/h3-14,24-25H,15-16H2,1-2H3,(H,30,34)/t24-,25-/m1/s1. The summed E-state index contributed by atoms with van der Waals surface area (Å²) in [6, 6.07) is 22.0. The highest BCUT2D eigenvalue weighted by molar-refractivity contribution is 8.15. The Hall–Kier alpha value is -3.78. The molecule has 5 rings (SSSR count). The maximum Gasteiger partial charge on any atom is 0.262 e. The molecule has 0 unspecified atom stereocenters. The number of nitrogens with one attached hydrogen (secondary N) is 1. The molecule has 0 fully saturated rings. The van der Waals surface area contributed by atoms with Gasteiger partial charge in [-0.1, -0.05) is 77.5 Å². The molecule has 0 spiro atoms. The van der Waals surface area contributed by atoms with E-state index in [0.29, 0.717) is 17.3 Å². The molecule has 36 heavy (non-hydrogen) atoms. The largest absolute Gasteiger partial charge is 0.326 e. The van der Waals surface area contributed by atoms with Gasteiger partial charge in [0.05, 0.1) is 11.8 Å². The fourth-order valence-corrected chi connectivity index (χ4v) is 5.27. The maximum atomic E-state index is 13.4. The van der Waals surface area contributed by atoms with Crippen LogP contribution in [-0.2, 0) is 9.59 Å². The van der Waals surface area contributed by atoms with Crippen molar-refractivity contribution in [2.75, 3.05) is 5.32 Å². The van der Waals surface area contributed by atoms with E-state index in [4.69, 9.17) is 5.10 Å². The summed E-state index contributed by atoms with van der Waals surface area (Å²) >= 11 is 1.24. The number of carbonyl (C=O) groups is 2. The lowest BCUT2D eigenvalue weighted by Gasteiger charge is -2.23. The number of nitrogens with zero attached hydrogens (tertiary/aromatic N) is 3. The Morgan fingerprint density at radius 2 is 1.75 bits per heavy atom. The first-order valence-electron chi connectivity index (χ1n) is 11.7. The molecule has 0 bridgehead atoms. The highest BCUT2D eigenvalue weighted by Crippen LogP contribution is 2.38. The Morgan fingerprint density at radius 3 is 2.44 bits per heavy atom. The van der Waals surface area contributed by atoms with Crippen LogP contribution in [0.15, 0.2) is 82.9 Å². The summed E-state index contributed by atoms with van der Waals surface area (Å²) in [5, 5.41) is 9.16. The van der Waals surface area contributed by atoms with Crippen molar-refractivity contribution in [1.29, 1.82) is 0 Å². The van der Waals surface area contributed by atoms with Crippen molar-refractivity contribution in [2.24, 2.45) is 10.1 Å². The third-order valence-electron chi connectivity index (χ3n) is 6.16. The van der Waals surface area contributed by atoms with Gasteiger partial charge in [0.2, 0.25) is 5.91 Å². The van der Waals surface area contributed by atoms with Crippen LogP contribution < -0.4 is 5.32 Å². The zero-order valence-corrected chi connectivity index (χ0v) is 20.8. The van der Waals surface area contributed by atoms with Crippen molar-refractivity contribution >= 4 is 40.1 Å². The SMILES string of the molecule is Cc1ccc(C2=NN(C3=NC(=O)[C@@H](CC(=O)Nc4cccc(F)c4)S3)[C@@H](c3ccc(C)cc3)C2)cc1. The Balaban J connectivity index is 1.35.